The second kappa shape index (κ2) is 16.7. The van der Waals surface area contributed by atoms with Crippen molar-refractivity contribution in [1.82, 2.24) is 4.98 Å². The quantitative estimate of drug-likeness (QED) is 0.145. The Morgan fingerprint density at radius 1 is 0.612 bits per heavy atom. The molecule has 0 spiro atoms. The van der Waals surface area contributed by atoms with Gasteiger partial charge in [-0.3, -0.25) is 4.90 Å². The summed E-state index contributed by atoms with van der Waals surface area (Å²) in [6, 6.07) is 48.4. The Morgan fingerprint density at radius 3 is 1.82 bits per heavy atom. The molecule has 0 bridgehead atoms. The van der Waals surface area contributed by atoms with E-state index in [1.807, 2.05) is 6.20 Å². The number of hydrogen-bond donors (Lipinski definition) is 0. The number of hydrogen-bond acceptors (Lipinski definition) is 5. The molecule has 5 heteroatoms. The normalized spacial score (nSPS) is 18.7. The molecular weight excluding hydrogens is 819 g/mol. The second-order valence-corrected chi connectivity index (χ2v) is 21.6. The van der Waals surface area contributed by atoms with E-state index in [0.717, 1.165) is 45.2 Å². The van der Waals surface area contributed by atoms with Gasteiger partial charge in [0.05, 0.1) is 11.4 Å². The van der Waals surface area contributed by atoms with Crippen LogP contribution in [0.25, 0.3) is 11.1 Å². The summed E-state index contributed by atoms with van der Waals surface area (Å²) in [5.41, 5.74) is 15.7. The van der Waals surface area contributed by atoms with Crippen LogP contribution in [0.1, 0.15) is 129 Å². The lowest BCUT2D eigenvalue weighted by Crippen LogP contribution is -2.54. The van der Waals surface area contributed by atoms with Gasteiger partial charge in [-0.05, 0) is 158 Å². The van der Waals surface area contributed by atoms with E-state index in [4.69, 9.17) is 19.5 Å². The molecule has 6 aromatic carbocycles. The van der Waals surface area contributed by atoms with E-state index in [2.05, 4.69) is 235 Å². The molecule has 0 amide bonds. The van der Waals surface area contributed by atoms with Gasteiger partial charge in [-0.2, -0.15) is 0 Å². The fourth-order valence-electron chi connectivity index (χ4n) is 11.0. The van der Waals surface area contributed by atoms with E-state index >= 15 is 0 Å². The molecular formula is C62H67N3O2. The van der Waals surface area contributed by atoms with Gasteiger partial charge in [-0.15, -0.1) is 0 Å². The van der Waals surface area contributed by atoms with Crippen molar-refractivity contribution in [3.8, 4) is 22.6 Å². The lowest BCUT2D eigenvalue weighted by Gasteiger charge is -2.45. The number of aryl methyl sites for hydroxylation is 5. The molecule has 2 aliphatic heterocycles. The molecule has 0 N–H and O–H groups in total. The first kappa shape index (κ1) is 45.7. The summed E-state index contributed by atoms with van der Waals surface area (Å²) in [5.74, 6) is 3.07. The molecule has 2 aliphatic rings. The first-order valence-corrected chi connectivity index (χ1v) is 24.0. The summed E-state index contributed by atoms with van der Waals surface area (Å²) in [6.45, 7) is 31.4. The fraction of sp³-hybridized carbons (Fsp3) is 0.323. The highest BCUT2D eigenvalue weighted by atomic mass is 16.5. The van der Waals surface area contributed by atoms with E-state index in [0.29, 0.717) is 11.6 Å². The standard InChI is InChI=1S/C62H67N3O2/c1-38(2)62(14)61(13,56(44-21-17-15-18-22-44)45-23-19-16-20-24-45)64-58(67-62)47-32-46(55-42(6)27-39(3)28-43(55)7)33-51(34-47)66-50-30-40(4)29-49(36-50)65-54-26-25-48(59(8,9)10)35-52(54)60(11,12)53-31-41(5)37-63-57(53)65/h15-38,56H,1-14H3/t61-,62-/m1/s1. The molecule has 0 saturated carbocycles. The summed E-state index contributed by atoms with van der Waals surface area (Å²) in [6.07, 6.45) is 1.98. The van der Waals surface area contributed by atoms with Crippen LogP contribution in [-0.4, -0.2) is 22.0 Å². The van der Waals surface area contributed by atoms with Crippen LogP contribution >= 0.6 is 0 Å². The maximum atomic E-state index is 7.33. The molecule has 0 saturated heterocycles. The third-order valence-corrected chi connectivity index (χ3v) is 14.9. The molecule has 2 atom stereocenters. The number of ether oxygens (including phenoxy) is 2. The maximum absolute atomic E-state index is 7.33. The molecule has 3 heterocycles. The summed E-state index contributed by atoms with van der Waals surface area (Å²) >= 11 is 0. The fourth-order valence-corrected chi connectivity index (χ4v) is 11.0. The van der Waals surface area contributed by atoms with Gasteiger partial charge in [-0.25, -0.2) is 9.98 Å². The Kier molecular flexibility index (Phi) is 11.4. The highest BCUT2D eigenvalue weighted by Gasteiger charge is 2.59. The van der Waals surface area contributed by atoms with Crippen molar-refractivity contribution in [3.63, 3.8) is 0 Å². The highest BCUT2D eigenvalue weighted by molar-refractivity contribution is 5.98. The van der Waals surface area contributed by atoms with Gasteiger partial charge in [-0.1, -0.05) is 139 Å². The largest absolute Gasteiger partial charge is 0.468 e. The minimum absolute atomic E-state index is 0.00109. The van der Waals surface area contributed by atoms with E-state index in [1.165, 1.54) is 50.1 Å². The summed E-state index contributed by atoms with van der Waals surface area (Å²) in [7, 11) is 0. The number of aromatic nitrogens is 1. The van der Waals surface area contributed by atoms with Crippen molar-refractivity contribution in [2.75, 3.05) is 4.90 Å². The first-order chi connectivity index (χ1) is 31.7. The van der Waals surface area contributed by atoms with Crippen molar-refractivity contribution in [2.24, 2.45) is 10.9 Å². The van der Waals surface area contributed by atoms with Crippen molar-refractivity contribution < 1.29 is 9.47 Å². The van der Waals surface area contributed by atoms with Gasteiger partial charge >= 0.3 is 0 Å². The minimum atomic E-state index is -0.673. The van der Waals surface area contributed by atoms with E-state index in [-0.39, 0.29) is 22.7 Å². The Hall–Kier alpha value is -6.46. The Balaban J connectivity index is 1.20. The van der Waals surface area contributed by atoms with Crippen LogP contribution in [-0.2, 0) is 15.6 Å². The lowest BCUT2D eigenvalue weighted by atomic mass is 9.64. The molecule has 342 valence electrons. The van der Waals surface area contributed by atoms with Gasteiger partial charge in [0.15, 0.2) is 0 Å². The van der Waals surface area contributed by atoms with Gasteiger partial charge < -0.3 is 9.47 Å². The van der Waals surface area contributed by atoms with Crippen LogP contribution in [0.4, 0.5) is 17.2 Å². The Bertz CT molecular complexity index is 2990. The predicted molar refractivity (Wildman–Crippen MR) is 279 cm³/mol. The zero-order valence-electron chi connectivity index (χ0n) is 42.1. The SMILES string of the molecule is Cc1cc(Oc2cc(C3=N[C@](C)(C(c4ccccc4)c4ccccc4)[C@@](C)(C(C)C)O3)cc(-c3c(C)cc(C)cc3C)c2)cc(N2c3ccc(C(C)(C)C)cc3C(C)(C)c3cc(C)cnc32)c1. The van der Waals surface area contributed by atoms with E-state index in [9.17, 15) is 0 Å². The minimum Gasteiger partial charge on any atom is -0.468 e. The number of anilines is 3. The Labute approximate surface area is 400 Å². The topological polar surface area (TPSA) is 47.0 Å². The molecule has 1 aromatic heterocycles. The van der Waals surface area contributed by atoms with Gasteiger partial charge in [0, 0.05) is 34.7 Å². The third-order valence-electron chi connectivity index (χ3n) is 14.9. The average molecular weight is 886 g/mol. The van der Waals surface area contributed by atoms with Gasteiger partial charge in [0.1, 0.15) is 28.5 Å². The molecule has 5 nitrogen and oxygen atoms in total. The number of pyridine rings is 1. The van der Waals surface area contributed by atoms with Gasteiger partial charge in [0.2, 0.25) is 5.90 Å². The molecule has 0 unspecified atom stereocenters. The van der Waals surface area contributed by atoms with Crippen LogP contribution in [0.2, 0.25) is 0 Å². The average Bonchev–Trinajstić information content (AvgIpc) is 3.55. The van der Waals surface area contributed by atoms with Crippen molar-refractivity contribution >= 4 is 23.1 Å². The number of nitrogens with zero attached hydrogens (tertiary/aromatic N) is 3. The van der Waals surface area contributed by atoms with Crippen molar-refractivity contribution in [2.45, 2.75) is 125 Å². The molecule has 67 heavy (non-hydrogen) atoms. The first-order valence-electron chi connectivity index (χ1n) is 24.0. The lowest BCUT2D eigenvalue weighted by molar-refractivity contribution is -0.0158. The second-order valence-electron chi connectivity index (χ2n) is 21.6. The number of rotatable bonds is 9. The zero-order valence-corrected chi connectivity index (χ0v) is 42.1. The van der Waals surface area contributed by atoms with Crippen LogP contribution in [0.5, 0.6) is 11.5 Å². The molecule has 0 aliphatic carbocycles. The monoisotopic (exact) mass is 886 g/mol. The van der Waals surface area contributed by atoms with E-state index < -0.39 is 11.1 Å². The smallest absolute Gasteiger partial charge is 0.217 e. The molecule has 7 aromatic rings. The number of fused-ring (bicyclic) bond motifs is 2. The maximum Gasteiger partial charge on any atom is 0.217 e. The highest BCUT2D eigenvalue weighted by Crippen LogP contribution is 2.54. The summed E-state index contributed by atoms with van der Waals surface area (Å²) < 4.78 is 14.5. The zero-order chi connectivity index (χ0) is 47.8. The number of aliphatic imine (C=N–C) groups is 1. The van der Waals surface area contributed by atoms with Crippen LogP contribution in [0.3, 0.4) is 0 Å². The van der Waals surface area contributed by atoms with Crippen molar-refractivity contribution in [1.29, 1.82) is 0 Å². The van der Waals surface area contributed by atoms with Crippen LogP contribution in [0.15, 0.2) is 145 Å². The predicted octanol–water partition coefficient (Wildman–Crippen LogP) is 16.3. The van der Waals surface area contributed by atoms with Crippen LogP contribution in [0, 0.1) is 40.5 Å². The van der Waals surface area contributed by atoms with Gasteiger partial charge in [0.25, 0.3) is 0 Å². The molecule has 0 radical (unpaired) electrons. The summed E-state index contributed by atoms with van der Waals surface area (Å²) in [5, 5.41) is 0. The molecule has 9 rings (SSSR count). The third kappa shape index (κ3) is 8.04. The molecule has 0 fully saturated rings. The summed E-state index contributed by atoms with van der Waals surface area (Å²) in [4.78, 5) is 13.2. The van der Waals surface area contributed by atoms with Crippen LogP contribution < -0.4 is 9.64 Å². The van der Waals surface area contributed by atoms with Crippen molar-refractivity contribution in [3.05, 3.63) is 201 Å². The number of benzene rings is 6. The Morgan fingerprint density at radius 2 is 1.21 bits per heavy atom. The van der Waals surface area contributed by atoms with E-state index in [1.54, 1.807) is 0 Å².